The Balaban J connectivity index is 2.08. The Morgan fingerprint density at radius 2 is 2.08 bits per heavy atom. The van der Waals surface area contributed by atoms with Crippen molar-refractivity contribution in [1.29, 1.82) is 0 Å². The largest absolute Gasteiger partial charge is 0.496 e. The molecule has 1 amide bonds. The quantitative estimate of drug-likeness (QED) is 0.742. The predicted molar refractivity (Wildman–Crippen MR) is 96.7 cm³/mol. The van der Waals surface area contributed by atoms with Crippen molar-refractivity contribution in [3.8, 4) is 5.75 Å². The molecule has 1 unspecified atom stereocenters. The molecule has 0 radical (unpaired) electrons. The van der Waals surface area contributed by atoms with Gasteiger partial charge in [0.05, 0.1) is 26.1 Å². The summed E-state index contributed by atoms with van der Waals surface area (Å²) < 4.78 is 10.5. The smallest absolute Gasteiger partial charge is 0.310 e. The second kappa shape index (κ2) is 8.88. The van der Waals surface area contributed by atoms with Crippen LogP contribution in [-0.2, 0) is 20.7 Å². The van der Waals surface area contributed by atoms with E-state index >= 15 is 0 Å². The highest BCUT2D eigenvalue weighted by molar-refractivity contribution is 5.81. The number of nitrogens with zero attached hydrogens (tertiary/aromatic N) is 1. The van der Waals surface area contributed by atoms with E-state index < -0.39 is 0 Å². The van der Waals surface area contributed by atoms with E-state index in [-0.39, 0.29) is 17.8 Å². The number of ether oxygens (including phenoxy) is 2. The number of esters is 1. The molecule has 0 spiro atoms. The van der Waals surface area contributed by atoms with Gasteiger partial charge in [-0.15, -0.1) is 0 Å². The van der Waals surface area contributed by atoms with Crippen LogP contribution in [0.5, 0.6) is 5.75 Å². The highest BCUT2D eigenvalue weighted by Gasteiger charge is 2.29. The van der Waals surface area contributed by atoms with Crippen LogP contribution in [0.4, 0.5) is 0 Å². The van der Waals surface area contributed by atoms with Crippen LogP contribution in [0.3, 0.4) is 0 Å². The summed E-state index contributed by atoms with van der Waals surface area (Å²) >= 11 is 0. The minimum absolute atomic E-state index is 0.0354. The van der Waals surface area contributed by atoms with Crippen molar-refractivity contribution >= 4 is 11.9 Å². The molecule has 1 fully saturated rings. The van der Waals surface area contributed by atoms with Crippen LogP contribution in [0.25, 0.3) is 0 Å². The molecule has 5 nitrogen and oxygen atoms in total. The normalized spacial score (nSPS) is 17.5. The Labute approximate surface area is 150 Å². The van der Waals surface area contributed by atoms with E-state index in [1.54, 1.807) is 18.9 Å². The number of amides is 1. The topological polar surface area (TPSA) is 55.8 Å². The van der Waals surface area contributed by atoms with Gasteiger partial charge in [0.1, 0.15) is 5.75 Å². The first kappa shape index (κ1) is 19.3. The summed E-state index contributed by atoms with van der Waals surface area (Å²) in [6, 6.07) is 6.01. The van der Waals surface area contributed by atoms with Crippen LogP contribution in [-0.4, -0.2) is 43.6 Å². The molecule has 2 rings (SSSR count). The average molecular weight is 347 g/mol. The second-order valence-electron chi connectivity index (χ2n) is 6.83. The number of likely N-dealkylation sites (tertiary alicyclic amines) is 1. The molecule has 1 aliphatic rings. The Morgan fingerprint density at radius 1 is 1.32 bits per heavy atom. The van der Waals surface area contributed by atoms with Crippen molar-refractivity contribution in [2.75, 3.05) is 26.8 Å². The van der Waals surface area contributed by atoms with Crippen molar-refractivity contribution in [3.63, 3.8) is 0 Å². The van der Waals surface area contributed by atoms with Crippen molar-refractivity contribution in [1.82, 2.24) is 4.90 Å². The maximum absolute atomic E-state index is 12.8. The SMILES string of the molecule is CCOC(=O)C1CCCN(C(=O)Cc2cc(C(C)C)ccc2OC)C1. The van der Waals surface area contributed by atoms with E-state index in [1.807, 2.05) is 18.2 Å². The third-order valence-electron chi connectivity index (χ3n) is 4.71. The highest BCUT2D eigenvalue weighted by Crippen LogP contribution is 2.26. The van der Waals surface area contributed by atoms with Gasteiger partial charge in [-0.05, 0) is 37.3 Å². The minimum Gasteiger partial charge on any atom is -0.496 e. The summed E-state index contributed by atoms with van der Waals surface area (Å²) in [4.78, 5) is 26.5. The third-order valence-corrected chi connectivity index (χ3v) is 4.71. The summed E-state index contributed by atoms with van der Waals surface area (Å²) in [7, 11) is 1.62. The molecule has 0 N–H and O–H groups in total. The van der Waals surface area contributed by atoms with Gasteiger partial charge in [0.2, 0.25) is 5.91 Å². The molecule has 0 aliphatic carbocycles. The molecule has 1 saturated heterocycles. The molecular weight excluding hydrogens is 318 g/mol. The van der Waals surface area contributed by atoms with Crippen molar-refractivity contribution in [2.24, 2.45) is 5.92 Å². The van der Waals surface area contributed by atoms with Crippen LogP contribution in [0.15, 0.2) is 18.2 Å². The van der Waals surface area contributed by atoms with E-state index in [0.717, 1.165) is 24.2 Å². The van der Waals surface area contributed by atoms with Crippen LogP contribution in [0.2, 0.25) is 0 Å². The number of rotatable bonds is 6. The predicted octanol–water partition coefficient (Wildman–Crippen LogP) is 3.16. The molecular formula is C20H29NO4. The lowest BCUT2D eigenvalue weighted by molar-refractivity contribution is -0.151. The van der Waals surface area contributed by atoms with E-state index in [1.165, 1.54) is 5.56 Å². The molecule has 0 aromatic heterocycles. The zero-order valence-corrected chi connectivity index (χ0v) is 15.7. The lowest BCUT2D eigenvalue weighted by Crippen LogP contribution is -2.43. The number of carbonyl (C=O) groups excluding carboxylic acids is 2. The van der Waals surface area contributed by atoms with Crippen molar-refractivity contribution in [3.05, 3.63) is 29.3 Å². The molecule has 5 heteroatoms. The lowest BCUT2D eigenvalue weighted by atomic mass is 9.96. The Bertz CT molecular complexity index is 612. The van der Waals surface area contributed by atoms with Crippen molar-refractivity contribution < 1.29 is 19.1 Å². The molecule has 1 aromatic rings. The summed E-state index contributed by atoms with van der Waals surface area (Å²) in [5.74, 6) is 0.758. The molecule has 25 heavy (non-hydrogen) atoms. The van der Waals surface area contributed by atoms with E-state index in [0.29, 0.717) is 32.0 Å². The number of hydrogen-bond acceptors (Lipinski definition) is 4. The Morgan fingerprint density at radius 3 is 2.72 bits per heavy atom. The van der Waals surface area contributed by atoms with E-state index in [2.05, 4.69) is 13.8 Å². The van der Waals surface area contributed by atoms with Gasteiger partial charge in [0.25, 0.3) is 0 Å². The van der Waals surface area contributed by atoms with Gasteiger partial charge in [-0.25, -0.2) is 0 Å². The number of methoxy groups -OCH3 is 1. The molecule has 138 valence electrons. The maximum atomic E-state index is 12.8. The summed E-state index contributed by atoms with van der Waals surface area (Å²) in [6.45, 7) is 7.58. The van der Waals surface area contributed by atoms with Crippen LogP contribution >= 0.6 is 0 Å². The second-order valence-corrected chi connectivity index (χ2v) is 6.83. The zero-order valence-electron chi connectivity index (χ0n) is 15.7. The van der Waals surface area contributed by atoms with Crippen LogP contribution in [0.1, 0.15) is 50.7 Å². The number of benzene rings is 1. The molecule has 0 bridgehead atoms. The molecule has 1 aromatic carbocycles. The van der Waals surface area contributed by atoms with Gasteiger partial charge in [0, 0.05) is 18.7 Å². The first-order valence-electron chi connectivity index (χ1n) is 9.07. The minimum atomic E-state index is -0.207. The van der Waals surface area contributed by atoms with Gasteiger partial charge >= 0.3 is 5.97 Å². The molecule has 1 aliphatic heterocycles. The summed E-state index contributed by atoms with van der Waals surface area (Å²) in [6.07, 6.45) is 1.91. The molecule has 1 heterocycles. The highest BCUT2D eigenvalue weighted by atomic mass is 16.5. The summed E-state index contributed by atoms with van der Waals surface area (Å²) in [5, 5.41) is 0. The van der Waals surface area contributed by atoms with E-state index in [9.17, 15) is 9.59 Å². The maximum Gasteiger partial charge on any atom is 0.310 e. The Hall–Kier alpha value is -2.04. The molecule has 0 saturated carbocycles. The van der Waals surface area contributed by atoms with Gasteiger partial charge in [-0.2, -0.15) is 0 Å². The average Bonchev–Trinajstić information content (AvgIpc) is 2.61. The van der Waals surface area contributed by atoms with Crippen LogP contribution in [0, 0.1) is 5.92 Å². The third kappa shape index (κ3) is 4.97. The summed E-state index contributed by atoms with van der Waals surface area (Å²) in [5.41, 5.74) is 2.09. The van der Waals surface area contributed by atoms with Gasteiger partial charge < -0.3 is 14.4 Å². The monoisotopic (exact) mass is 347 g/mol. The number of piperidine rings is 1. The number of hydrogen-bond donors (Lipinski definition) is 0. The fourth-order valence-corrected chi connectivity index (χ4v) is 3.23. The van der Waals surface area contributed by atoms with E-state index in [4.69, 9.17) is 9.47 Å². The van der Waals surface area contributed by atoms with Crippen LogP contribution < -0.4 is 4.74 Å². The van der Waals surface area contributed by atoms with Gasteiger partial charge in [-0.3, -0.25) is 9.59 Å². The van der Waals surface area contributed by atoms with Crippen molar-refractivity contribution in [2.45, 2.75) is 46.0 Å². The molecule has 1 atom stereocenters. The zero-order chi connectivity index (χ0) is 18.4. The number of carbonyl (C=O) groups is 2. The first-order chi connectivity index (χ1) is 12.0. The fraction of sp³-hybridized carbons (Fsp3) is 0.600. The lowest BCUT2D eigenvalue weighted by Gasteiger charge is -2.31. The first-order valence-corrected chi connectivity index (χ1v) is 9.07. The van der Waals surface area contributed by atoms with Gasteiger partial charge in [-0.1, -0.05) is 26.0 Å². The standard InChI is InChI=1S/C20H29NO4/c1-5-25-20(23)16-7-6-10-21(13-16)19(22)12-17-11-15(14(2)3)8-9-18(17)24-4/h8-9,11,14,16H,5-7,10,12-13H2,1-4H3. The van der Waals surface area contributed by atoms with Gasteiger partial charge in [0.15, 0.2) is 0 Å². The Kier molecular flexibility index (Phi) is 6.85. The fourth-order valence-electron chi connectivity index (χ4n) is 3.23.